The Morgan fingerprint density at radius 3 is 2.68 bits per heavy atom. The first-order chi connectivity index (χ1) is 11.7. The van der Waals surface area contributed by atoms with Crippen LogP contribution < -0.4 is 10.3 Å². The van der Waals surface area contributed by atoms with Gasteiger partial charge >= 0.3 is 0 Å². The minimum absolute atomic E-state index is 0.108. The van der Waals surface area contributed by atoms with Gasteiger partial charge in [0.2, 0.25) is 0 Å². The molecule has 0 spiro atoms. The predicted octanol–water partition coefficient (Wildman–Crippen LogP) is 2.42. The van der Waals surface area contributed by atoms with Gasteiger partial charge in [-0.15, -0.1) is 0 Å². The summed E-state index contributed by atoms with van der Waals surface area (Å²) in [7, 11) is -3.99. The fourth-order valence-electron chi connectivity index (χ4n) is 2.41. The van der Waals surface area contributed by atoms with Crippen LogP contribution in [0.3, 0.4) is 0 Å². The monoisotopic (exact) mass is 384 g/mol. The Labute approximate surface area is 147 Å². The maximum absolute atomic E-state index is 13.2. The van der Waals surface area contributed by atoms with E-state index in [-0.39, 0.29) is 26.7 Å². The Kier molecular flexibility index (Phi) is 4.29. The number of sulfonamides is 1. The molecule has 3 rings (SSSR count). The second kappa shape index (κ2) is 6.16. The van der Waals surface area contributed by atoms with E-state index in [1.54, 1.807) is 13.8 Å². The van der Waals surface area contributed by atoms with Crippen LogP contribution in [0.1, 0.15) is 12.7 Å². The van der Waals surface area contributed by atoms with Crippen molar-refractivity contribution in [2.45, 2.75) is 25.3 Å². The molecule has 10 heteroatoms. The predicted molar refractivity (Wildman–Crippen MR) is 92.1 cm³/mol. The molecule has 132 valence electrons. The number of halogens is 2. The van der Waals surface area contributed by atoms with E-state index in [4.69, 9.17) is 11.6 Å². The third kappa shape index (κ3) is 3.12. The average Bonchev–Trinajstić information content (AvgIpc) is 3.01. The SMILES string of the molecule is CCn1nc(C)n2cc(S(=O)(=O)Nc3ccc(F)c(Cl)c3)cc2c1=O. The molecule has 0 saturated heterocycles. The summed E-state index contributed by atoms with van der Waals surface area (Å²) in [6, 6.07) is 4.76. The molecule has 0 unspecified atom stereocenters. The van der Waals surface area contributed by atoms with Crippen LogP contribution in [-0.2, 0) is 16.6 Å². The molecule has 0 bridgehead atoms. The topological polar surface area (TPSA) is 85.5 Å². The fourth-order valence-corrected chi connectivity index (χ4v) is 3.65. The van der Waals surface area contributed by atoms with Crippen LogP contribution in [-0.4, -0.2) is 22.6 Å². The lowest BCUT2D eigenvalue weighted by atomic mass is 10.3. The number of hydrogen-bond donors (Lipinski definition) is 1. The number of nitrogens with zero attached hydrogens (tertiary/aromatic N) is 3. The Hall–Kier alpha value is -2.39. The summed E-state index contributed by atoms with van der Waals surface area (Å²) in [5, 5.41) is 3.91. The summed E-state index contributed by atoms with van der Waals surface area (Å²) in [6.45, 7) is 3.81. The molecule has 0 fully saturated rings. The smallest absolute Gasteiger partial charge is 0.291 e. The highest BCUT2D eigenvalue weighted by Gasteiger charge is 2.20. The normalized spacial score (nSPS) is 11.8. The van der Waals surface area contributed by atoms with Crippen molar-refractivity contribution in [1.29, 1.82) is 0 Å². The lowest BCUT2D eigenvalue weighted by Gasteiger charge is -2.07. The highest BCUT2D eigenvalue weighted by Crippen LogP contribution is 2.23. The van der Waals surface area contributed by atoms with Crippen molar-refractivity contribution in [3.63, 3.8) is 0 Å². The van der Waals surface area contributed by atoms with E-state index in [1.165, 1.54) is 33.5 Å². The van der Waals surface area contributed by atoms with E-state index >= 15 is 0 Å². The highest BCUT2D eigenvalue weighted by atomic mass is 35.5. The number of aromatic nitrogens is 3. The zero-order valence-corrected chi connectivity index (χ0v) is 14.9. The summed E-state index contributed by atoms with van der Waals surface area (Å²) in [6.07, 6.45) is 1.31. The van der Waals surface area contributed by atoms with Gasteiger partial charge in [0.15, 0.2) is 0 Å². The second-order valence-electron chi connectivity index (χ2n) is 5.33. The van der Waals surface area contributed by atoms with Gasteiger partial charge in [0, 0.05) is 12.7 Å². The van der Waals surface area contributed by atoms with Crippen molar-refractivity contribution in [2.75, 3.05) is 4.72 Å². The van der Waals surface area contributed by atoms with Gasteiger partial charge in [-0.25, -0.2) is 17.5 Å². The van der Waals surface area contributed by atoms with Crippen LogP contribution in [0.25, 0.3) is 5.52 Å². The fraction of sp³-hybridized carbons (Fsp3) is 0.200. The standard InChI is InChI=1S/C15H14ClFN4O3S/c1-3-21-15(22)14-7-11(8-20(14)9(2)18-21)25(23,24)19-10-4-5-13(17)12(16)6-10/h4-8,19H,3H2,1-2H3. The molecular weight excluding hydrogens is 371 g/mol. The first kappa shape index (κ1) is 17.4. The van der Waals surface area contributed by atoms with E-state index in [0.717, 1.165) is 6.07 Å². The van der Waals surface area contributed by atoms with E-state index in [1.807, 2.05) is 0 Å². The molecule has 0 amide bonds. The molecule has 0 aliphatic carbocycles. The number of nitrogens with one attached hydrogen (secondary N) is 1. The van der Waals surface area contributed by atoms with Crippen LogP contribution in [0.15, 0.2) is 40.2 Å². The average molecular weight is 385 g/mol. The Morgan fingerprint density at radius 2 is 2.04 bits per heavy atom. The van der Waals surface area contributed by atoms with Crippen molar-refractivity contribution in [3.8, 4) is 0 Å². The minimum Gasteiger partial charge on any atom is -0.298 e. The minimum atomic E-state index is -3.99. The summed E-state index contributed by atoms with van der Waals surface area (Å²) in [5.41, 5.74) is -0.0753. The van der Waals surface area contributed by atoms with Gasteiger partial charge in [-0.05, 0) is 38.1 Å². The van der Waals surface area contributed by atoms with E-state index < -0.39 is 15.8 Å². The van der Waals surface area contributed by atoms with Gasteiger partial charge in [-0.1, -0.05) is 11.6 Å². The molecule has 0 atom stereocenters. The number of hydrogen-bond acceptors (Lipinski definition) is 4. The summed E-state index contributed by atoms with van der Waals surface area (Å²) < 4.78 is 43.3. The van der Waals surface area contributed by atoms with Crippen LogP contribution in [0.2, 0.25) is 5.02 Å². The van der Waals surface area contributed by atoms with Gasteiger partial charge in [0.25, 0.3) is 15.6 Å². The van der Waals surface area contributed by atoms with Crippen LogP contribution in [0, 0.1) is 12.7 Å². The molecule has 7 nitrogen and oxygen atoms in total. The molecule has 0 aliphatic rings. The van der Waals surface area contributed by atoms with Gasteiger partial charge in [0.1, 0.15) is 22.1 Å². The quantitative estimate of drug-likeness (QED) is 0.748. The van der Waals surface area contributed by atoms with E-state index in [2.05, 4.69) is 9.82 Å². The second-order valence-corrected chi connectivity index (χ2v) is 7.42. The molecule has 1 N–H and O–H groups in total. The number of rotatable bonds is 4. The molecule has 2 aromatic heterocycles. The van der Waals surface area contributed by atoms with Crippen molar-refractivity contribution >= 4 is 32.8 Å². The van der Waals surface area contributed by atoms with Gasteiger partial charge < -0.3 is 0 Å². The van der Waals surface area contributed by atoms with Crippen molar-refractivity contribution < 1.29 is 12.8 Å². The molecule has 0 radical (unpaired) electrons. The van der Waals surface area contributed by atoms with Crippen LogP contribution in [0.5, 0.6) is 0 Å². The lowest BCUT2D eigenvalue weighted by molar-refractivity contribution is 0.592. The molecule has 0 aliphatic heterocycles. The maximum Gasteiger partial charge on any atom is 0.291 e. The first-order valence-electron chi connectivity index (χ1n) is 7.30. The maximum atomic E-state index is 13.2. The summed E-state index contributed by atoms with van der Waals surface area (Å²) >= 11 is 5.66. The van der Waals surface area contributed by atoms with Crippen molar-refractivity contribution in [3.05, 3.63) is 57.5 Å². The number of anilines is 1. The molecular formula is C15H14ClFN4O3S. The van der Waals surface area contributed by atoms with Crippen molar-refractivity contribution in [1.82, 2.24) is 14.2 Å². The zero-order chi connectivity index (χ0) is 18.4. The van der Waals surface area contributed by atoms with Gasteiger partial charge in [-0.2, -0.15) is 5.10 Å². The van der Waals surface area contributed by atoms with Crippen LogP contribution >= 0.6 is 11.6 Å². The Bertz CT molecular complexity index is 1140. The molecule has 1 aromatic carbocycles. The summed E-state index contributed by atoms with van der Waals surface area (Å²) in [4.78, 5) is 12.2. The highest BCUT2D eigenvalue weighted by molar-refractivity contribution is 7.92. The number of benzene rings is 1. The van der Waals surface area contributed by atoms with Crippen LogP contribution in [0.4, 0.5) is 10.1 Å². The molecule has 3 aromatic rings. The third-order valence-corrected chi connectivity index (χ3v) is 5.28. The van der Waals surface area contributed by atoms with Crippen molar-refractivity contribution in [2.24, 2.45) is 0 Å². The molecule has 2 heterocycles. The van der Waals surface area contributed by atoms with E-state index in [9.17, 15) is 17.6 Å². The lowest BCUT2D eigenvalue weighted by Crippen LogP contribution is -2.25. The Balaban J connectivity index is 2.08. The van der Waals surface area contributed by atoms with E-state index in [0.29, 0.717) is 12.4 Å². The third-order valence-electron chi connectivity index (χ3n) is 3.64. The molecule has 25 heavy (non-hydrogen) atoms. The molecule has 0 saturated carbocycles. The zero-order valence-electron chi connectivity index (χ0n) is 13.3. The first-order valence-corrected chi connectivity index (χ1v) is 9.16. The summed E-state index contributed by atoms with van der Waals surface area (Å²) in [5.74, 6) is -0.177. The largest absolute Gasteiger partial charge is 0.298 e. The number of fused-ring (bicyclic) bond motifs is 1. The van der Waals surface area contributed by atoms with Gasteiger partial charge in [0.05, 0.1) is 10.7 Å². The Morgan fingerprint density at radius 1 is 1.32 bits per heavy atom. The van der Waals surface area contributed by atoms with Gasteiger partial charge in [-0.3, -0.25) is 13.9 Å². The number of aryl methyl sites for hydroxylation is 2.